The van der Waals surface area contributed by atoms with Crippen LogP contribution in [0.1, 0.15) is 22.8 Å². The fraction of sp³-hybridized carbons (Fsp3) is 0.162. The summed E-state index contributed by atoms with van der Waals surface area (Å²) in [6.07, 6.45) is -0.433. The van der Waals surface area contributed by atoms with Crippen molar-refractivity contribution in [1.29, 1.82) is 0 Å². The van der Waals surface area contributed by atoms with Gasteiger partial charge in [0.1, 0.15) is 38.6 Å². The van der Waals surface area contributed by atoms with Gasteiger partial charge >= 0.3 is 0 Å². The third-order valence-electron chi connectivity index (χ3n) is 8.75. The van der Waals surface area contributed by atoms with Crippen LogP contribution >= 0.6 is 0 Å². The van der Waals surface area contributed by atoms with Crippen molar-refractivity contribution in [3.05, 3.63) is 114 Å². The number of anilines is 1. The summed E-state index contributed by atoms with van der Waals surface area (Å²) in [6, 6.07) is 21.0. The van der Waals surface area contributed by atoms with Gasteiger partial charge in [0.2, 0.25) is 5.95 Å². The lowest BCUT2D eigenvalue weighted by atomic mass is 10.1. The number of nitrogens with zero attached hydrogens (tertiary/aromatic N) is 7. The molecule has 0 radical (unpaired) electrons. The maximum absolute atomic E-state index is 12.6. The molecule has 22 nitrogen and oxygen atoms in total. The van der Waals surface area contributed by atoms with E-state index in [4.69, 9.17) is 9.47 Å². The van der Waals surface area contributed by atoms with Gasteiger partial charge in [-0.2, -0.15) is 59.0 Å². The van der Waals surface area contributed by atoms with E-state index in [0.717, 1.165) is 24.3 Å². The van der Waals surface area contributed by atoms with Gasteiger partial charge in [0.15, 0.2) is 0 Å². The summed E-state index contributed by atoms with van der Waals surface area (Å²) < 4.78 is 147. The number of aromatic nitrogens is 3. The number of nitrogens with one attached hydrogen (secondary N) is 1. The molecule has 0 amide bonds. The third kappa shape index (κ3) is 12.0. The number of benzene rings is 5. The van der Waals surface area contributed by atoms with E-state index in [1.165, 1.54) is 50.6 Å². The molecule has 0 fully saturated rings. The van der Waals surface area contributed by atoms with Crippen molar-refractivity contribution in [1.82, 2.24) is 15.0 Å². The summed E-state index contributed by atoms with van der Waals surface area (Å²) in [5.74, 6) is -0.637. The van der Waals surface area contributed by atoms with Gasteiger partial charge in [-0.05, 0) is 54.1 Å². The van der Waals surface area contributed by atoms with E-state index >= 15 is 0 Å². The molecule has 6 rings (SSSR count). The van der Waals surface area contributed by atoms with Gasteiger partial charge in [0.05, 0.1) is 41.9 Å². The first kappa shape index (κ1) is 46.1. The van der Waals surface area contributed by atoms with Crippen LogP contribution in [-0.2, 0) is 53.3 Å². The Labute approximate surface area is 359 Å². The monoisotopic (exact) mass is 942 g/mol. The quantitative estimate of drug-likeness (QED) is 0.0509. The predicted octanol–water partition coefficient (Wildman–Crippen LogP) is 6.09. The summed E-state index contributed by atoms with van der Waals surface area (Å²) in [7, 11) is -16.4. The number of methoxy groups -OCH3 is 2. The number of hydrogen-bond donors (Lipinski definition) is 5. The van der Waals surface area contributed by atoms with E-state index in [-0.39, 0.29) is 81.9 Å². The van der Waals surface area contributed by atoms with Crippen molar-refractivity contribution in [2.45, 2.75) is 27.5 Å². The van der Waals surface area contributed by atoms with Crippen molar-refractivity contribution in [2.24, 2.45) is 20.5 Å². The van der Waals surface area contributed by atoms with Gasteiger partial charge in [-0.25, -0.2) is 4.98 Å². The average Bonchev–Trinajstić information content (AvgIpc) is 3.20. The van der Waals surface area contributed by atoms with Crippen LogP contribution in [0.2, 0.25) is 0 Å². The fourth-order valence-electron chi connectivity index (χ4n) is 6.02. The zero-order valence-electron chi connectivity index (χ0n) is 32.6. The van der Waals surface area contributed by atoms with Crippen LogP contribution < -0.4 is 14.8 Å². The molecule has 330 valence electrons. The molecule has 0 atom stereocenters. The molecule has 0 bridgehead atoms. The van der Waals surface area contributed by atoms with Crippen LogP contribution in [0.5, 0.6) is 11.5 Å². The lowest BCUT2D eigenvalue weighted by Gasteiger charge is -2.14. The predicted molar refractivity (Wildman–Crippen MR) is 225 cm³/mol. The van der Waals surface area contributed by atoms with E-state index in [1.807, 2.05) is 0 Å². The highest BCUT2D eigenvalue weighted by molar-refractivity contribution is 7.86. The van der Waals surface area contributed by atoms with Crippen molar-refractivity contribution < 1.29 is 61.4 Å². The number of hydrogen-bond acceptors (Lipinski definition) is 18. The molecule has 0 aliphatic rings. The summed E-state index contributed by atoms with van der Waals surface area (Å²) in [4.78, 5) is 11.3. The molecular weight excluding hydrogens is 909 g/mol. The van der Waals surface area contributed by atoms with Gasteiger partial charge in [0, 0.05) is 41.8 Å². The van der Waals surface area contributed by atoms with Crippen molar-refractivity contribution in [3.8, 4) is 11.5 Å². The van der Waals surface area contributed by atoms with Gasteiger partial charge in [-0.1, -0.05) is 36.4 Å². The maximum Gasteiger partial charge on any atom is 0.295 e. The molecule has 63 heavy (non-hydrogen) atoms. The lowest BCUT2D eigenvalue weighted by molar-refractivity contribution is 0.400. The Morgan fingerprint density at radius 3 is 1.76 bits per heavy atom. The average molecular weight is 943 g/mol. The minimum Gasteiger partial charge on any atom is -0.496 e. The van der Waals surface area contributed by atoms with E-state index in [2.05, 4.69) is 40.7 Å². The van der Waals surface area contributed by atoms with Crippen LogP contribution in [0.25, 0.3) is 10.8 Å². The second-order valence-corrected chi connectivity index (χ2v) is 18.9. The molecule has 5 aromatic carbocycles. The van der Waals surface area contributed by atoms with E-state index in [0.29, 0.717) is 11.3 Å². The van der Waals surface area contributed by atoms with Gasteiger partial charge in [-0.3, -0.25) is 18.2 Å². The molecular formula is C37H34N8O14S4. The molecule has 5 N–H and O–H groups in total. The SMILES string of the molecule is COc1cc(N=Nc2cc(S(=O)(=O)O)c3cccc(S(=O)(=O)O)c3c2)c(OC)cc1Cc1nc(Cc2ccc(N=Nc3ccccc3)cc2S(=O)(=O)O)nc(NCCS(=O)(=O)O)n1. The number of rotatable bonds is 17. The summed E-state index contributed by atoms with van der Waals surface area (Å²) in [5.41, 5.74) is 0.796. The molecule has 0 saturated heterocycles. The van der Waals surface area contributed by atoms with Crippen LogP contribution in [-0.4, -0.2) is 93.4 Å². The first-order valence-corrected chi connectivity index (χ1v) is 23.7. The standard InChI is InChI=1S/C37H34N8O14S4/c1-58-30-21-29(45-44-26-18-28-27(34(20-26)63(55,56)57)9-6-10-32(28)61(49,50)51)31(59-2)15-23(30)17-36-39-35(40-37(41-36)38-13-14-60(46,47)48)16-22-11-12-25(19-33(22)62(52,53)54)43-42-24-7-4-3-5-8-24/h3-12,15,18-21H,13-14,16-17H2,1-2H3,(H,46,47,48)(H,49,50,51)(H,52,53,54)(H,55,56,57)(H,38,39,40,41). The Kier molecular flexibility index (Phi) is 13.6. The van der Waals surface area contributed by atoms with Crippen LogP contribution in [0.4, 0.5) is 28.7 Å². The van der Waals surface area contributed by atoms with Crippen LogP contribution in [0.3, 0.4) is 0 Å². The van der Waals surface area contributed by atoms with Crippen molar-refractivity contribution in [3.63, 3.8) is 0 Å². The Bertz CT molecular complexity index is 3250. The van der Waals surface area contributed by atoms with Crippen LogP contribution in [0, 0.1) is 0 Å². The lowest BCUT2D eigenvalue weighted by Crippen LogP contribution is -2.18. The molecule has 26 heteroatoms. The highest BCUT2D eigenvalue weighted by Crippen LogP contribution is 2.39. The van der Waals surface area contributed by atoms with Gasteiger partial charge in [0.25, 0.3) is 40.5 Å². The van der Waals surface area contributed by atoms with Gasteiger partial charge in [-0.15, -0.1) is 5.11 Å². The Hall–Kier alpha value is -6.39. The molecule has 0 unspecified atom stereocenters. The normalized spacial score (nSPS) is 12.6. The minimum atomic E-state index is -4.94. The topological polar surface area (TPSA) is 336 Å². The fourth-order valence-corrected chi connectivity index (χ4v) is 8.54. The smallest absolute Gasteiger partial charge is 0.295 e. The highest BCUT2D eigenvalue weighted by atomic mass is 32.2. The molecule has 0 aliphatic heterocycles. The molecule has 1 heterocycles. The molecule has 6 aromatic rings. The molecule has 0 saturated carbocycles. The third-order valence-corrected chi connectivity index (χ3v) is 12.2. The zero-order chi connectivity index (χ0) is 45.7. The first-order chi connectivity index (χ1) is 29.6. The Morgan fingerprint density at radius 2 is 1.14 bits per heavy atom. The van der Waals surface area contributed by atoms with Crippen molar-refractivity contribution in [2.75, 3.05) is 31.8 Å². The van der Waals surface area contributed by atoms with Crippen LogP contribution in [0.15, 0.2) is 126 Å². The molecule has 0 spiro atoms. The van der Waals surface area contributed by atoms with Gasteiger partial charge < -0.3 is 14.8 Å². The summed E-state index contributed by atoms with van der Waals surface area (Å²) in [5, 5.41) is 18.5. The highest BCUT2D eigenvalue weighted by Gasteiger charge is 2.23. The second kappa shape index (κ2) is 18.5. The van der Waals surface area contributed by atoms with Crippen molar-refractivity contribution >= 4 is 79.9 Å². The number of fused-ring (bicyclic) bond motifs is 1. The minimum absolute atomic E-state index is 0.0167. The first-order valence-electron chi connectivity index (χ1n) is 17.8. The zero-order valence-corrected chi connectivity index (χ0v) is 35.9. The summed E-state index contributed by atoms with van der Waals surface area (Å²) >= 11 is 0. The van der Waals surface area contributed by atoms with E-state index < -0.39 is 60.9 Å². The number of ether oxygens (including phenoxy) is 2. The second-order valence-electron chi connectivity index (χ2n) is 13.1. The summed E-state index contributed by atoms with van der Waals surface area (Å²) in [6.45, 7) is -0.337. The largest absolute Gasteiger partial charge is 0.496 e. The Balaban J connectivity index is 1.37. The Morgan fingerprint density at radius 1 is 0.540 bits per heavy atom. The van der Waals surface area contributed by atoms with E-state index in [1.54, 1.807) is 30.3 Å². The molecule has 0 aliphatic carbocycles. The molecule has 1 aromatic heterocycles. The maximum atomic E-state index is 12.6. The van der Waals surface area contributed by atoms with E-state index in [9.17, 15) is 51.9 Å². The number of azo groups is 2.